The Bertz CT molecular complexity index is 511. The minimum absolute atomic E-state index is 0.171. The molecule has 0 aliphatic rings. The predicted molar refractivity (Wildman–Crippen MR) is 85.0 cm³/mol. The Morgan fingerprint density at radius 3 is 2.35 bits per heavy atom. The Morgan fingerprint density at radius 2 is 1.75 bits per heavy atom. The standard InChI is InChI=1S/C16H27NO2S/c1-5-11-17-14(4)13(3)15-9-7-8-10-16(15)20(18,19)12-6-2/h7-10,13-14,17H,5-6,11-12H2,1-4H3. The first kappa shape index (κ1) is 17.2. The molecule has 0 saturated carbocycles. The second kappa shape index (κ2) is 7.79. The van der Waals surface area contributed by atoms with Crippen molar-refractivity contribution in [3.8, 4) is 0 Å². The third-order valence-corrected chi connectivity index (χ3v) is 5.67. The molecule has 0 fully saturated rings. The summed E-state index contributed by atoms with van der Waals surface area (Å²) in [6.45, 7) is 9.19. The Labute approximate surface area is 123 Å². The van der Waals surface area contributed by atoms with Crippen molar-refractivity contribution in [3.63, 3.8) is 0 Å². The third kappa shape index (κ3) is 4.32. The Hall–Kier alpha value is -0.870. The summed E-state index contributed by atoms with van der Waals surface area (Å²) in [7, 11) is -3.17. The number of rotatable bonds is 8. The molecule has 2 unspecified atom stereocenters. The Morgan fingerprint density at radius 1 is 1.10 bits per heavy atom. The van der Waals surface area contributed by atoms with Crippen LogP contribution in [0.5, 0.6) is 0 Å². The number of hydrogen-bond donors (Lipinski definition) is 1. The fourth-order valence-corrected chi connectivity index (χ4v) is 3.99. The largest absolute Gasteiger partial charge is 0.314 e. The molecule has 1 aromatic carbocycles. The smallest absolute Gasteiger partial charge is 0.178 e. The fourth-order valence-electron chi connectivity index (χ4n) is 2.34. The van der Waals surface area contributed by atoms with E-state index in [9.17, 15) is 8.42 Å². The van der Waals surface area contributed by atoms with Gasteiger partial charge in [-0.2, -0.15) is 0 Å². The van der Waals surface area contributed by atoms with Crippen LogP contribution in [-0.4, -0.2) is 26.8 Å². The summed E-state index contributed by atoms with van der Waals surface area (Å²) in [6.07, 6.45) is 1.72. The first-order valence-electron chi connectivity index (χ1n) is 7.49. The molecule has 0 amide bonds. The number of sulfone groups is 1. The van der Waals surface area contributed by atoms with Gasteiger partial charge in [0.1, 0.15) is 0 Å². The van der Waals surface area contributed by atoms with Crippen LogP contribution in [-0.2, 0) is 9.84 Å². The first-order chi connectivity index (χ1) is 9.44. The van der Waals surface area contributed by atoms with E-state index in [1.165, 1.54) is 0 Å². The van der Waals surface area contributed by atoms with E-state index in [0.29, 0.717) is 11.3 Å². The van der Waals surface area contributed by atoms with Gasteiger partial charge in [0.05, 0.1) is 10.6 Å². The van der Waals surface area contributed by atoms with E-state index in [4.69, 9.17) is 0 Å². The van der Waals surface area contributed by atoms with Crippen molar-refractivity contribution in [2.24, 2.45) is 0 Å². The fraction of sp³-hybridized carbons (Fsp3) is 0.625. The van der Waals surface area contributed by atoms with Crippen molar-refractivity contribution >= 4 is 9.84 Å². The molecule has 1 aromatic rings. The molecule has 0 bridgehead atoms. The summed E-state index contributed by atoms with van der Waals surface area (Å²) in [4.78, 5) is 0.500. The summed E-state index contributed by atoms with van der Waals surface area (Å²) >= 11 is 0. The van der Waals surface area contributed by atoms with Crippen LogP contribution in [0, 0.1) is 0 Å². The average molecular weight is 297 g/mol. The van der Waals surface area contributed by atoms with Crippen LogP contribution >= 0.6 is 0 Å². The number of benzene rings is 1. The van der Waals surface area contributed by atoms with Crippen molar-refractivity contribution in [2.75, 3.05) is 12.3 Å². The molecule has 0 spiro atoms. The van der Waals surface area contributed by atoms with Crippen molar-refractivity contribution in [2.45, 2.75) is 57.4 Å². The van der Waals surface area contributed by atoms with Crippen LogP contribution in [0.4, 0.5) is 0 Å². The molecule has 0 radical (unpaired) electrons. The highest BCUT2D eigenvalue weighted by Crippen LogP contribution is 2.27. The SMILES string of the molecule is CCCNC(C)C(C)c1ccccc1S(=O)(=O)CCC. The van der Waals surface area contributed by atoms with Gasteiger partial charge in [-0.3, -0.25) is 0 Å². The maximum atomic E-state index is 12.4. The van der Waals surface area contributed by atoms with Crippen LogP contribution < -0.4 is 5.32 Å². The quantitative estimate of drug-likeness (QED) is 0.800. The maximum Gasteiger partial charge on any atom is 0.178 e. The van der Waals surface area contributed by atoms with Crippen LogP contribution in [0.1, 0.15) is 52.0 Å². The third-order valence-electron chi connectivity index (χ3n) is 3.68. The highest BCUT2D eigenvalue weighted by molar-refractivity contribution is 7.91. The zero-order valence-corrected chi connectivity index (χ0v) is 13.8. The lowest BCUT2D eigenvalue weighted by Gasteiger charge is -2.23. The minimum atomic E-state index is -3.17. The van der Waals surface area contributed by atoms with Gasteiger partial charge in [-0.1, -0.05) is 39.0 Å². The van der Waals surface area contributed by atoms with Gasteiger partial charge in [0, 0.05) is 6.04 Å². The molecule has 0 aliphatic heterocycles. The molecular weight excluding hydrogens is 270 g/mol. The monoisotopic (exact) mass is 297 g/mol. The summed E-state index contributed by atoms with van der Waals surface area (Å²) in [6, 6.07) is 7.67. The van der Waals surface area contributed by atoms with Crippen molar-refractivity contribution < 1.29 is 8.42 Å². The van der Waals surface area contributed by atoms with Crippen LogP contribution in [0.3, 0.4) is 0 Å². The summed E-state index contributed by atoms with van der Waals surface area (Å²) in [5.74, 6) is 0.386. The summed E-state index contributed by atoms with van der Waals surface area (Å²) in [5, 5.41) is 3.45. The molecule has 0 heterocycles. The van der Waals surface area contributed by atoms with Crippen LogP contribution in [0.2, 0.25) is 0 Å². The van der Waals surface area contributed by atoms with E-state index >= 15 is 0 Å². The maximum absolute atomic E-state index is 12.4. The van der Waals surface area contributed by atoms with Crippen LogP contribution in [0.15, 0.2) is 29.2 Å². The molecule has 0 saturated heterocycles. The molecule has 4 heteroatoms. The van der Waals surface area contributed by atoms with Gasteiger partial charge in [-0.25, -0.2) is 8.42 Å². The average Bonchev–Trinajstić information content (AvgIpc) is 2.44. The molecule has 114 valence electrons. The zero-order chi connectivity index (χ0) is 15.2. The molecule has 20 heavy (non-hydrogen) atoms. The number of hydrogen-bond acceptors (Lipinski definition) is 3. The second-order valence-electron chi connectivity index (χ2n) is 5.39. The molecular formula is C16H27NO2S. The van der Waals surface area contributed by atoms with Gasteiger partial charge >= 0.3 is 0 Å². The second-order valence-corrected chi connectivity index (χ2v) is 7.47. The summed E-state index contributed by atoms with van der Waals surface area (Å²) < 4.78 is 24.7. The van der Waals surface area contributed by atoms with E-state index in [1.54, 1.807) is 6.07 Å². The van der Waals surface area contributed by atoms with Crippen LogP contribution in [0.25, 0.3) is 0 Å². The lowest BCUT2D eigenvalue weighted by atomic mass is 9.94. The van der Waals surface area contributed by atoms with E-state index in [1.807, 2.05) is 25.1 Å². The van der Waals surface area contributed by atoms with Crippen molar-refractivity contribution in [1.82, 2.24) is 5.32 Å². The lowest BCUT2D eigenvalue weighted by Crippen LogP contribution is -2.32. The number of nitrogens with one attached hydrogen (secondary N) is 1. The van der Waals surface area contributed by atoms with Gasteiger partial charge in [-0.05, 0) is 43.9 Å². The van der Waals surface area contributed by atoms with Crippen molar-refractivity contribution in [3.05, 3.63) is 29.8 Å². The summed E-state index contributed by atoms with van der Waals surface area (Å²) in [5.41, 5.74) is 0.928. The molecule has 2 atom stereocenters. The molecule has 0 aliphatic carbocycles. The first-order valence-corrected chi connectivity index (χ1v) is 9.14. The Kier molecular flexibility index (Phi) is 6.69. The Balaban J connectivity index is 3.07. The molecule has 1 N–H and O–H groups in total. The normalized spacial score (nSPS) is 15.0. The topological polar surface area (TPSA) is 46.2 Å². The lowest BCUT2D eigenvalue weighted by molar-refractivity contribution is 0.476. The minimum Gasteiger partial charge on any atom is -0.314 e. The van der Waals surface area contributed by atoms with Gasteiger partial charge < -0.3 is 5.32 Å². The van der Waals surface area contributed by atoms with E-state index < -0.39 is 9.84 Å². The highest BCUT2D eigenvalue weighted by atomic mass is 32.2. The molecule has 1 rings (SSSR count). The van der Waals surface area contributed by atoms with Crippen molar-refractivity contribution in [1.29, 1.82) is 0 Å². The van der Waals surface area contributed by atoms with Gasteiger partial charge in [0.15, 0.2) is 9.84 Å². The highest BCUT2D eigenvalue weighted by Gasteiger charge is 2.23. The zero-order valence-electron chi connectivity index (χ0n) is 13.0. The van der Waals surface area contributed by atoms with Gasteiger partial charge in [-0.15, -0.1) is 0 Å². The van der Waals surface area contributed by atoms with Gasteiger partial charge in [0.2, 0.25) is 0 Å². The van der Waals surface area contributed by atoms with Gasteiger partial charge in [0.25, 0.3) is 0 Å². The molecule has 0 aromatic heterocycles. The van der Waals surface area contributed by atoms with E-state index in [-0.39, 0.29) is 17.7 Å². The molecule has 3 nitrogen and oxygen atoms in total. The van der Waals surface area contributed by atoms with E-state index in [2.05, 4.69) is 26.1 Å². The van der Waals surface area contributed by atoms with E-state index in [0.717, 1.165) is 18.5 Å². The predicted octanol–water partition coefficient (Wildman–Crippen LogP) is 3.36.